The molecular weight excluding hydrogens is 246 g/mol. The predicted octanol–water partition coefficient (Wildman–Crippen LogP) is 3.36. The SMILES string of the molecule is Cc1ccc(-c2c(-c3cncs3)noc2N)cc1. The first kappa shape index (κ1) is 11.0. The molecule has 0 saturated carbocycles. The van der Waals surface area contributed by atoms with Crippen LogP contribution in [0, 0.1) is 6.92 Å². The van der Waals surface area contributed by atoms with Crippen LogP contribution in [-0.2, 0) is 0 Å². The third kappa shape index (κ3) is 1.78. The average Bonchev–Trinajstić information content (AvgIpc) is 2.99. The van der Waals surface area contributed by atoms with Gasteiger partial charge in [0.15, 0.2) is 0 Å². The maximum absolute atomic E-state index is 5.87. The van der Waals surface area contributed by atoms with E-state index in [4.69, 9.17) is 10.3 Å². The summed E-state index contributed by atoms with van der Waals surface area (Å²) in [5.41, 5.74) is 11.4. The largest absolute Gasteiger partial charge is 0.367 e. The van der Waals surface area contributed by atoms with Gasteiger partial charge in [-0.25, -0.2) is 0 Å². The van der Waals surface area contributed by atoms with Crippen molar-refractivity contribution in [1.29, 1.82) is 0 Å². The Balaban J connectivity index is 2.17. The number of hydrogen-bond acceptors (Lipinski definition) is 5. The molecule has 0 saturated heterocycles. The first-order chi connectivity index (χ1) is 8.75. The van der Waals surface area contributed by atoms with Gasteiger partial charge in [0.05, 0.1) is 16.0 Å². The summed E-state index contributed by atoms with van der Waals surface area (Å²) in [6.45, 7) is 2.05. The third-order valence-electron chi connectivity index (χ3n) is 2.72. The van der Waals surface area contributed by atoms with Gasteiger partial charge in [-0.1, -0.05) is 35.0 Å². The van der Waals surface area contributed by atoms with Crippen molar-refractivity contribution in [3.63, 3.8) is 0 Å². The second-order valence-corrected chi connectivity index (χ2v) is 4.89. The smallest absolute Gasteiger partial charge is 0.230 e. The Morgan fingerprint density at radius 3 is 2.67 bits per heavy atom. The molecule has 0 aliphatic heterocycles. The summed E-state index contributed by atoms with van der Waals surface area (Å²) in [4.78, 5) is 5.00. The zero-order valence-corrected chi connectivity index (χ0v) is 10.6. The van der Waals surface area contributed by atoms with Crippen LogP contribution in [-0.4, -0.2) is 10.1 Å². The summed E-state index contributed by atoms with van der Waals surface area (Å²) in [6.07, 6.45) is 1.76. The van der Waals surface area contributed by atoms with Crippen LogP contribution in [0.15, 0.2) is 40.5 Å². The van der Waals surface area contributed by atoms with E-state index in [1.165, 1.54) is 16.9 Å². The van der Waals surface area contributed by atoms with Gasteiger partial charge in [-0.3, -0.25) is 4.98 Å². The molecule has 0 atom stereocenters. The molecule has 0 amide bonds. The summed E-state index contributed by atoms with van der Waals surface area (Å²) in [5, 5.41) is 4.03. The fourth-order valence-corrected chi connectivity index (χ4v) is 2.41. The molecule has 0 unspecified atom stereocenters. The van der Waals surface area contributed by atoms with Crippen LogP contribution >= 0.6 is 11.3 Å². The van der Waals surface area contributed by atoms with E-state index in [2.05, 4.69) is 10.1 Å². The maximum atomic E-state index is 5.87. The molecule has 2 N–H and O–H groups in total. The van der Waals surface area contributed by atoms with Crippen LogP contribution in [0.2, 0.25) is 0 Å². The van der Waals surface area contributed by atoms with Crippen LogP contribution in [0.25, 0.3) is 21.7 Å². The lowest BCUT2D eigenvalue weighted by atomic mass is 10.0. The van der Waals surface area contributed by atoms with E-state index < -0.39 is 0 Å². The van der Waals surface area contributed by atoms with Gasteiger partial charge in [0.1, 0.15) is 5.69 Å². The molecule has 0 bridgehead atoms. The third-order valence-corrected chi connectivity index (χ3v) is 3.50. The average molecular weight is 257 g/mol. The summed E-state index contributed by atoms with van der Waals surface area (Å²) in [5.74, 6) is 0.335. The number of nitrogens with two attached hydrogens (primary N) is 1. The van der Waals surface area contributed by atoms with Crippen molar-refractivity contribution in [3.8, 4) is 21.7 Å². The number of thiazole rings is 1. The lowest BCUT2D eigenvalue weighted by molar-refractivity contribution is 0.439. The zero-order chi connectivity index (χ0) is 12.5. The molecular formula is C13H11N3OS. The highest BCUT2D eigenvalue weighted by Crippen LogP contribution is 2.37. The minimum atomic E-state index is 0.335. The van der Waals surface area contributed by atoms with Gasteiger partial charge in [0.25, 0.3) is 0 Å². The zero-order valence-electron chi connectivity index (χ0n) is 9.75. The number of anilines is 1. The Labute approximate surface area is 108 Å². The van der Waals surface area contributed by atoms with Crippen molar-refractivity contribution < 1.29 is 4.52 Å². The van der Waals surface area contributed by atoms with E-state index in [9.17, 15) is 0 Å². The molecule has 18 heavy (non-hydrogen) atoms. The van der Waals surface area contributed by atoms with Gasteiger partial charge >= 0.3 is 0 Å². The van der Waals surface area contributed by atoms with E-state index in [1.54, 1.807) is 11.7 Å². The summed E-state index contributed by atoms with van der Waals surface area (Å²) >= 11 is 1.51. The Bertz CT molecular complexity index is 656. The molecule has 3 rings (SSSR count). The maximum Gasteiger partial charge on any atom is 0.230 e. The monoisotopic (exact) mass is 257 g/mol. The van der Waals surface area contributed by atoms with Crippen LogP contribution in [0.5, 0.6) is 0 Å². The van der Waals surface area contributed by atoms with Crippen LogP contribution < -0.4 is 5.73 Å². The van der Waals surface area contributed by atoms with Crippen LogP contribution in [0.3, 0.4) is 0 Å². The van der Waals surface area contributed by atoms with Gasteiger partial charge in [0, 0.05) is 6.20 Å². The molecule has 1 aromatic carbocycles. The van der Waals surface area contributed by atoms with Gasteiger partial charge in [-0.15, -0.1) is 11.3 Å². The van der Waals surface area contributed by atoms with Crippen molar-refractivity contribution in [2.45, 2.75) is 6.92 Å². The van der Waals surface area contributed by atoms with E-state index in [0.717, 1.165) is 21.7 Å². The van der Waals surface area contributed by atoms with Crippen LogP contribution in [0.1, 0.15) is 5.56 Å². The quantitative estimate of drug-likeness (QED) is 0.764. The minimum Gasteiger partial charge on any atom is -0.367 e. The molecule has 90 valence electrons. The van der Waals surface area contributed by atoms with E-state index in [1.807, 2.05) is 31.2 Å². The van der Waals surface area contributed by atoms with E-state index in [-0.39, 0.29) is 0 Å². The standard InChI is InChI=1S/C13H11N3OS/c1-8-2-4-9(5-3-8)11-12(16-17-13(11)14)10-6-15-7-18-10/h2-7H,14H2,1H3. The fraction of sp³-hybridized carbons (Fsp3) is 0.0769. The van der Waals surface area contributed by atoms with Gasteiger partial charge in [-0.05, 0) is 12.5 Å². The Kier molecular flexibility index (Phi) is 2.60. The lowest BCUT2D eigenvalue weighted by Crippen LogP contribution is -1.87. The molecule has 0 fully saturated rings. The highest BCUT2D eigenvalue weighted by atomic mass is 32.1. The molecule has 5 heteroatoms. The second kappa shape index (κ2) is 4.27. The van der Waals surface area contributed by atoms with Crippen molar-refractivity contribution in [2.75, 3.05) is 5.73 Å². The molecule has 0 aliphatic carbocycles. The lowest BCUT2D eigenvalue weighted by Gasteiger charge is -2.01. The number of hydrogen-bond donors (Lipinski definition) is 1. The first-order valence-corrected chi connectivity index (χ1v) is 6.34. The van der Waals surface area contributed by atoms with Gasteiger partial charge < -0.3 is 10.3 Å². The molecule has 2 aromatic heterocycles. The topological polar surface area (TPSA) is 64.9 Å². The molecule has 0 aliphatic rings. The number of nitrogens with zero attached hydrogens (tertiary/aromatic N) is 2. The Morgan fingerprint density at radius 2 is 2.00 bits per heavy atom. The highest BCUT2D eigenvalue weighted by Gasteiger charge is 2.18. The molecule has 0 radical (unpaired) electrons. The molecule has 3 aromatic rings. The van der Waals surface area contributed by atoms with Crippen molar-refractivity contribution in [3.05, 3.63) is 41.5 Å². The Hall–Kier alpha value is -2.14. The molecule has 0 spiro atoms. The van der Waals surface area contributed by atoms with E-state index in [0.29, 0.717) is 5.88 Å². The number of aryl methyl sites for hydroxylation is 1. The van der Waals surface area contributed by atoms with Crippen LogP contribution in [0.4, 0.5) is 5.88 Å². The fourth-order valence-electron chi connectivity index (χ4n) is 1.80. The van der Waals surface area contributed by atoms with Crippen molar-refractivity contribution in [1.82, 2.24) is 10.1 Å². The number of benzene rings is 1. The number of nitrogen functional groups attached to an aromatic ring is 1. The Morgan fingerprint density at radius 1 is 1.22 bits per heavy atom. The predicted molar refractivity (Wildman–Crippen MR) is 72.2 cm³/mol. The molecule has 2 heterocycles. The summed E-state index contributed by atoms with van der Waals surface area (Å²) in [7, 11) is 0. The summed E-state index contributed by atoms with van der Waals surface area (Å²) < 4.78 is 5.11. The summed E-state index contributed by atoms with van der Waals surface area (Å²) in [6, 6.07) is 8.11. The highest BCUT2D eigenvalue weighted by molar-refractivity contribution is 7.13. The van der Waals surface area contributed by atoms with Crippen molar-refractivity contribution >= 4 is 17.2 Å². The number of aromatic nitrogens is 2. The number of rotatable bonds is 2. The van der Waals surface area contributed by atoms with Crippen molar-refractivity contribution in [2.24, 2.45) is 0 Å². The first-order valence-electron chi connectivity index (χ1n) is 5.47. The normalized spacial score (nSPS) is 10.7. The van der Waals surface area contributed by atoms with Gasteiger partial charge in [-0.2, -0.15) is 0 Å². The minimum absolute atomic E-state index is 0.335. The van der Waals surface area contributed by atoms with E-state index >= 15 is 0 Å². The molecule has 4 nitrogen and oxygen atoms in total. The van der Waals surface area contributed by atoms with Gasteiger partial charge in [0.2, 0.25) is 5.88 Å². The second-order valence-electron chi connectivity index (χ2n) is 4.00.